The van der Waals surface area contributed by atoms with E-state index in [9.17, 15) is 5.11 Å². The highest BCUT2D eigenvalue weighted by atomic mass is 16.5. The van der Waals surface area contributed by atoms with Gasteiger partial charge in [0.15, 0.2) is 0 Å². The summed E-state index contributed by atoms with van der Waals surface area (Å²) in [6, 6.07) is 7.81. The minimum absolute atomic E-state index is 0.604. The van der Waals surface area contributed by atoms with Crippen molar-refractivity contribution in [3.63, 3.8) is 0 Å². The first-order valence-corrected chi connectivity index (χ1v) is 6.86. The van der Waals surface area contributed by atoms with Gasteiger partial charge in [-0.25, -0.2) is 0 Å². The lowest BCUT2D eigenvalue weighted by Crippen LogP contribution is -2.32. The van der Waals surface area contributed by atoms with Crippen molar-refractivity contribution in [2.45, 2.75) is 6.10 Å². The first-order valence-electron chi connectivity index (χ1n) is 6.86. The lowest BCUT2D eigenvalue weighted by Gasteiger charge is -2.29. The molecule has 106 valence electrons. The summed E-state index contributed by atoms with van der Waals surface area (Å²) in [6.45, 7) is 3.18. The van der Waals surface area contributed by atoms with Crippen molar-refractivity contribution < 1.29 is 14.6 Å². The summed E-state index contributed by atoms with van der Waals surface area (Å²) in [7, 11) is 1.66. The molecule has 3 rings (SSSR count). The van der Waals surface area contributed by atoms with Crippen LogP contribution in [0.3, 0.4) is 0 Å². The molecule has 1 aliphatic carbocycles. The van der Waals surface area contributed by atoms with Crippen LogP contribution in [0.4, 0.5) is 0 Å². The van der Waals surface area contributed by atoms with E-state index in [-0.39, 0.29) is 0 Å². The van der Waals surface area contributed by atoms with Gasteiger partial charge in [-0.2, -0.15) is 0 Å². The van der Waals surface area contributed by atoms with E-state index in [2.05, 4.69) is 4.90 Å². The predicted molar refractivity (Wildman–Crippen MR) is 76.9 cm³/mol. The summed E-state index contributed by atoms with van der Waals surface area (Å²) in [5.74, 6) is 0.797. The molecule has 0 radical (unpaired) electrons. The number of hydrogen-bond donors (Lipinski definition) is 1. The number of aliphatic hydroxyl groups is 1. The van der Waals surface area contributed by atoms with Crippen molar-refractivity contribution in [2.24, 2.45) is 0 Å². The highest BCUT2D eigenvalue weighted by Crippen LogP contribution is 2.36. The van der Waals surface area contributed by atoms with Gasteiger partial charge in [-0.15, -0.1) is 0 Å². The van der Waals surface area contributed by atoms with E-state index in [4.69, 9.17) is 9.47 Å². The predicted octanol–water partition coefficient (Wildman–Crippen LogP) is 1.94. The molecule has 4 nitrogen and oxygen atoms in total. The van der Waals surface area contributed by atoms with Gasteiger partial charge in [0.1, 0.15) is 11.9 Å². The summed E-state index contributed by atoms with van der Waals surface area (Å²) in [4.78, 5) is 2.18. The normalized spacial score (nSPS) is 24.3. The van der Waals surface area contributed by atoms with Crippen LogP contribution in [0, 0.1) is 0 Å². The Kier molecular flexibility index (Phi) is 3.76. The molecule has 1 unspecified atom stereocenters. The highest BCUT2D eigenvalue weighted by Gasteiger charge is 2.24. The van der Waals surface area contributed by atoms with Crippen LogP contribution in [0.2, 0.25) is 0 Å². The van der Waals surface area contributed by atoms with Gasteiger partial charge in [-0.05, 0) is 11.6 Å². The van der Waals surface area contributed by atoms with Crippen LogP contribution in [0.25, 0.3) is 5.76 Å². The largest absolute Gasteiger partial charge is 0.496 e. The van der Waals surface area contributed by atoms with E-state index in [1.165, 1.54) is 0 Å². The van der Waals surface area contributed by atoms with Gasteiger partial charge < -0.3 is 19.5 Å². The molecular weight excluding hydrogens is 254 g/mol. The molecule has 1 saturated heterocycles. The fourth-order valence-electron chi connectivity index (χ4n) is 2.64. The number of morpholine rings is 1. The van der Waals surface area contributed by atoms with Crippen LogP contribution in [-0.4, -0.2) is 43.4 Å². The van der Waals surface area contributed by atoms with Crippen LogP contribution >= 0.6 is 0 Å². The zero-order chi connectivity index (χ0) is 13.9. The Labute approximate surface area is 118 Å². The number of aliphatic hydroxyl groups excluding tert-OH is 1. The minimum atomic E-state index is -0.604. The number of rotatable bonds is 2. The minimum Gasteiger partial charge on any atom is -0.496 e. The first kappa shape index (κ1) is 13.2. The van der Waals surface area contributed by atoms with Crippen LogP contribution in [0.1, 0.15) is 17.2 Å². The number of fused-ring (bicyclic) bond motifs is 1. The molecule has 1 aromatic carbocycles. The van der Waals surface area contributed by atoms with Crippen molar-refractivity contribution in [2.75, 3.05) is 33.4 Å². The monoisotopic (exact) mass is 273 g/mol. The maximum atomic E-state index is 10.5. The molecule has 1 heterocycles. The fourth-order valence-corrected chi connectivity index (χ4v) is 2.64. The molecule has 1 aromatic rings. The molecule has 0 aromatic heterocycles. The molecule has 1 aliphatic heterocycles. The quantitative estimate of drug-likeness (QED) is 0.894. The first-order chi connectivity index (χ1) is 9.79. The summed E-state index contributed by atoms with van der Waals surface area (Å²) >= 11 is 0. The molecule has 2 aliphatic rings. The van der Waals surface area contributed by atoms with E-state index >= 15 is 0 Å². The van der Waals surface area contributed by atoms with Gasteiger partial charge in [0.2, 0.25) is 0 Å². The molecule has 1 fully saturated rings. The molecule has 4 heteroatoms. The summed E-state index contributed by atoms with van der Waals surface area (Å²) < 4.78 is 10.8. The van der Waals surface area contributed by atoms with Gasteiger partial charge in [0, 0.05) is 30.4 Å². The third-order valence-electron chi connectivity index (χ3n) is 3.73. The second-order valence-electron chi connectivity index (χ2n) is 4.98. The second-order valence-corrected chi connectivity index (χ2v) is 4.98. The van der Waals surface area contributed by atoms with Gasteiger partial charge >= 0.3 is 0 Å². The van der Waals surface area contributed by atoms with Crippen molar-refractivity contribution in [3.8, 4) is 0 Å². The van der Waals surface area contributed by atoms with Crippen LogP contribution in [0.15, 0.2) is 42.1 Å². The summed E-state index contributed by atoms with van der Waals surface area (Å²) in [5, 5.41) is 10.5. The van der Waals surface area contributed by atoms with Crippen molar-refractivity contribution >= 4 is 5.76 Å². The lowest BCUT2D eigenvalue weighted by atomic mass is 9.90. The zero-order valence-electron chi connectivity index (χ0n) is 11.6. The van der Waals surface area contributed by atoms with Crippen molar-refractivity contribution in [3.05, 3.63) is 53.2 Å². The zero-order valence-corrected chi connectivity index (χ0v) is 11.6. The maximum absolute atomic E-state index is 10.5. The number of methoxy groups -OCH3 is 1. The Morgan fingerprint density at radius 1 is 1.30 bits per heavy atom. The Bertz CT molecular complexity index is 544. The number of hydrogen-bond acceptors (Lipinski definition) is 4. The van der Waals surface area contributed by atoms with Crippen LogP contribution in [0.5, 0.6) is 0 Å². The SMILES string of the molecule is COC1=CC(=CN2CCOCC2)C(O)c2ccccc21. The van der Waals surface area contributed by atoms with Crippen LogP contribution < -0.4 is 0 Å². The van der Waals surface area contributed by atoms with Crippen LogP contribution in [-0.2, 0) is 9.47 Å². The summed E-state index contributed by atoms with van der Waals surface area (Å²) in [6.07, 6.45) is 3.33. The Balaban J connectivity index is 1.95. The maximum Gasteiger partial charge on any atom is 0.126 e. The molecule has 0 bridgehead atoms. The Morgan fingerprint density at radius 2 is 2.05 bits per heavy atom. The topological polar surface area (TPSA) is 41.9 Å². The third kappa shape index (κ3) is 2.44. The highest BCUT2D eigenvalue weighted by molar-refractivity contribution is 5.70. The standard InChI is InChI=1S/C16H19NO3/c1-19-15-10-12(11-17-6-8-20-9-7-17)16(18)14-5-3-2-4-13(14)15/h2-5,10-11,16,18H,6-9H2,1H3. The number of ether oxygens (including phenoxy) is 2. The molecule has 1 atom stereocenters. The average molecular weight is 273 g/mol. The lowest BCUT2D eigenvalue weighted by molar-refractivity contribution is 0.0583. The van der Waals surface area contributed by atoms with Crippen molar-refractivity contribution in [1.29, 1.82) is 0 Å². The fraction of sp³-hybridized carbons (Fsp3) is 0.375. The van der Waals surface area contributed by atoms with E-state index < -0.39 is 6.10 Å². The van der Waals surface area contributed by atoms with Gasteiger partial charge in [0.05, 0.1) is 20.3 Å². The molecule has 1 N–H and O–H groups in total. The Morgan fingerprint density at radius 3 is 2.80 bits per heavy atom. The molecule has 20 heavy (non-hydrogen) atoms. The smallest absolute Gasteiger partial charge is 0.126 e. The third-order valence-corrected chi connectivity index (χ3v) is 3.73. The van der Waals surface area contributed by atoms with E-state index in [1.807, 2.05) is 36.5 Å². The van der Waals surface area contributed by atoms with E-state index in [0.717, 1.165) is 48.8 Å². The molecule has 0 spiro atoms. The molecule has 0 saturated carbocycles. The molecule has 0 amide bonds. The summed E-state index contributed by atoms with van der Waals surface area (Å²) in [5.41, 5.74) is 2.72. The average Bonchev–Trinajstić information content (AvgIpc) is 2.51. The Hall–Kier alpha value is -1.78. The number of benzene rings is 1. The van der Waals surface area contributed by atoms with Gasteiger partial charge in [0.25, 0.3) is 0 Å². The van der Waals surface area contributed by atoms with Crippen molar-refractivity contribution in [1.82, 2.24) is 4.90 Å². The molecular formula is C16H19NO3. The van der Waals surface area contributed by atoms with Gasteiger partial charge in [-0.3, -0.25) is 0 Å². The number of nitrogens with zero attached hydrogens (tertiary/aromatic N) is 1. The van der Waals surface area contributed by atoms with Gasteiger partial charge in [-0.1, -0.05) is 24.3 Å². The van der Waals surface area contributed by atoms with E-state index in [1.54, 1.807) is 7.11 Å². The van der Waals surface area contributed by atoms with E-state index in [0.29, 0.717) is 0 Å². The second kappa shape index (κ2) is 5.69.